The van der Waals surface area contributed by atoms with Crippen LogP contribution in [0.5, 0.6) is 5.75 Å². The van der Waals surface area contributed by atoms with Crippen molar-refractivity contribution in [3.63, 3.8) is 0 Å². The van der Waals surface area contributed by atoms with Crippen LogP contribution in [0.25, 0.3) is 0 Å². The summed E-state index contributed by atoms with van der Waals surface area (Å²) in [5, 5.41) is 12.9. The first kappa shape index (κ1) is 14.4. The fourth-order valence-corrected chi connectivity index (χ4v) is 2.00. The Hall–Kier alpha value is -2.04. The number of carbonyl (C=O) groups excluding carboxylic acids is 1. The van der Waals surface area contributed by atoms with E-state index in [0.717, 1.165) is 0 Å². The van der Waals surface area contributed by atoms with E-state index in [1.54, 1.807) is 42.5 Å². The normalized spacial score (nSPS) is 11.8. The highest BCUT2D eigenvalue weighted by Crippen LogP contribution is 2.27. The average Bonchev–Trinajstić information content (AvgIpc) is 2.47. The van der Waals surface area contributed by atoms with Crippen LogP contribution in [0.4, 0.5) is 5.69 Å². The van der Waals surface area contributed by atoms with Gasteiger partial charge in [-0.15, -0.1) is 0 Å². The Morgan fingerprint density at radius 1 is 1.25 bits per heavy atom. The van der Waals surface area contributed by atoms with Crippen LogP contribution in [0.1, 0.15) is 11.7 Å². The Bertz CT molecular complexity index is 601. The molecule has 5 heteroatoms. The number of aliphatic hydroxyl groups is 1. The molecule has 1 unspecified atom stereocenters. The summed E-state index contributed by atoms with van der Waals surface area (Å²) >= 11 is 5.97. The number of anilines is 1. The van der Waals surface area contributed by atoms with Crippen LogP contribution in [0, 0.1) is 0 Å². The molecule has 20 heavy (non-hydrogen) atoms. The van der Waals surface area contributed by atoms with E-state index >= 15 is 0 Å². The Morgan fingerprint density at radius 2 is 1.95 bits per heavy atom. The van der Waals surface area contributed by atoms with E-state index in [2.05, 4.69) is 5.32 Å². The van der Waals surface area contributed by atoms with Gasteiger partial charge in [0.1, 0.15) is 5.75 Å². The Balaban J connectivity index is 2.10. The van der Waals surface area contributed by atoms with Crippen molar-refractivity contribution in [2.45, 2.75) is 6.10 Å². The number of benzene rings is 2. The van der Waals surface area contributed by atoms with Gasteiger partial charge in [0.05, 0.1) is 12.1 Å². The smallest absolute Gasteiger partial charge is 0.257 e. The second-order valence-electron chi connectivity index (χ2n) is 4.15. The van der Waals surface area contributed by atoms with Gasteiger partial charge < -0.3 is 15.2 Å². The number of methoxy groups -OCH3 is 1. The highest BCUT2D eigenvalue weighted by Gasteiger charge is 2.17. The summed E-state index contributed by atoms with van der Waals surface area (Å²) in [4.78, 5) is 11.9. The second kappa shape index (κ2) is 6.41. The first-order chi connectivity index (χ1) is 9.61. The molecule has 0 fully saturated rings. The molecule has 0 aliphatic carbocycles. The number of hydrogen-bond donors (Lipinski definition) is 2. The molecule has 2 aromatic rings. The fourth-order valence-electron chi connectivity index (χ4n) is 1.74. The average molecular weight is 292 g/mol. The number of amides is 1. The molecule has 1 amide bonds. The minimum Gasteiger partial charge on any atom is -0.495 e. The van der Waals surface area contributed by atoms with Gasteiger partial charge in [-0.25, -0.2) is 0 Å². The number of rotatable bonds is 4. The third-order valence-corrected chi connectivity index (χ3v) is 3.08. The molecule has 2 rings (SSSR count). The molecular formula is C15H14ClNO3. The molecule has 2 aromatic carbocycles. The van der Waals surface area contributed by atoms with E-state index < -0.39 is 12.0 Å². The highest BCUT2D eigenvalue weighted by molar-refractivity contribution is 6.32. The lowest BCUT2D eigenvalue weighted by Gasteiger charge is -2.12. The third-order valence-electron chi connectivity index (χ3n) is 2.78. The number of nitrogens with one attached hydrogen (secondary N) is 1. The molecule has 0 aliphatic rings. The van der Waals surface area contributed by atoms with Crippen molar-refractivity contribution >= 4 is 23.2 Å². The maximum absolute atomic E-state index is 11.9. The molecule has 0 saturated heterocycles. The summed E-state index contributed by atoms with van der Waals surface area (Å²) in [6.45, 7) is 0. The summed E-state index contributed by atoms with van der Waals surface area (Å²) in [6, 6.07) is 13.6. The van der Waals surface area contributed by atoms with Crippen LogP contribution in [0.3, 0.4) is 0 Å². The van der Waals surface area contributed by atoms with Gasteiger partial charge in [-0.1, -0.05) is 41.9 Å². The number of carbonyl (C=O) groups is 1. The molecular weight excluding hydrogens is 278 g/mol. The molecule has 0 aromatic heterocycles. The van der Waals surface area contributed by atoms with E-state index in [-0.39, 0.29) is 0 Å². The molecule has 0 saturated carbocycles. The molecule has 4 nitrogen and oxygen atoms in total. The maximum atomic E-state index is 11.9. The molecule has 0 radical (unpaired) electrons. The van der Waals surface area contributed by atoms with Crippen molar-refractivity contribution in [3.05, 3.63) is 59.1 Å². The summed E-state index contributed by atoms with van der Waals surface area (Å²) in [6.07, 6.45) is -1.22. The van der Waals surface area contributed by atoms with Gasteiger partial charge in [-0.2, -0.15) is 0 Å². The largest absolute Gasteiger partial charge is 0.495 e. The standard InChI is InChI=1S/C15H14ClNO3/c1-20-13-8-7-11(9-12(13)16)17-15(19)14(18)10-5-3-2-4-6-10/h2-9,14,18H,1H3,(H,17,19). The van der Waals surface area contributed by atoms with Gasteiger partial charge in [-0.3, -0.25) is 4.79 Å². The number of hydrogen-bond acceptors (Lipinski definition) is 3. The predicted molar refractivity (Wildman–Crippen MR) is 78.0 cm³/mol. The number of aliphatic hydroxyl groups excluding tert-OH is 1. The van der Waals surface area contributed by atoms with Crippen LogP contribution in [0.15, 0.2) is 48.5 Å². The zero-order valence-corrected chi connectivity index (χ0v) is 11.6. The number of ether oxygens (including phenoxy) is 1. The molecule has 2 N–H and O–H groups in total. The molecule has 1 atom stereocenters. The van der Waals surface area contributed by atoms with E-state index in [0.29, 0.717) is 22.0 Å². The van der Waals surface area contributed by atoms with Crippen molar-refractivity contribution in [2.75, 3.05) is 12.4 Å². The lowest BCUT2D eigenvalue weighted by molar-refractivity contribution is -0.124. The van der Waals surface area contributed by atoms with Gasteiger partial charge in [0.15, 0.2) is 6.10 Å². The number of halogens is 1. The second-order valence-corrected chi connectivity index (χ2v) is 4.56. The predicted octanol–water partition coefficient (Wildman–Crippen LogP) is 3.02. The monoisotopic (exact) mass is 291 g/mol. The fraction of sp³-hybridized carbons (Fsp3) is 0.133. The van der Waals surface area contributed by atoms with Crippen LogP contribution in [-0.4, -0.2) is 18.1 Å². The lowest BCUT2D eigenvalue weighted by Crippen LogP contribution is -2.20. The maximum Gasteiger partial charge on any atom is 0.257 e. The Morgan fingerprint density at radius 3 is 2.55 bits per heavy atom. The van der Waals surface area contributed by atoms with Crippen molar-refractivity contribution in [3.8, 4) is 5.75 Å². The van der Waals surface area contributed by atoms with Gasteiger partial charge >= 0.3 is 0 Å². The third kappa shape index (κ3) is 3.29. The highest BCUT2D eigenvalue weighted by atomic mass is 35.5. The van der Waals surface area contributed by atoms with E-state index in [4.69, 9.17) is 16.3 Å². The van der Waals surface area contributed by atoms with Crippen molar-refractivity contribution < 1.29 is 14.6 Å². The van der Waals surface area contributed by atoms with Crippen molar-refractivity contribution in [1.29, 1.82) is 0 Å². The Labute approximate surface area is 122 Å². The minimum atomic E-state index is -1.22. The molecule has 0 bridgehead atoms. The summed E-state index contributed by atoms with van der Waals surface area (Å²) < 4.78 is 5.03. The summed E-state index contributed by atoms with van der Waals surface area (Å²) in [5.74, 6) is 0.00528. The quantitative estimate of drug-likeness (QED) is 0.910. The molecule has 0 spiro atoms. The van der Waals surface area contributed by atoms with Gasteiger partial charge in [-0.05, 0) is 23.8 Å². The minimum absolute atomic E-state index is 0.388. The van der Waals surface area contributed by atoms with Crippen molar-refractivity contribution in [2.24, 2.45) is 0 Å². The summed E-state index contributed by atoms with van der Waals surface area (Å²) in [5.41, 5.74) is 1.03. The van der Waals surface area contributed by atoms with Crippen LogP contribution in [-0.2, 0) is 4.79 Å². The van der Waals surface area contributed by atoms with Gasteiger partial charge in [0.25, 0.3) is 5.91 Å². The van der Waals surface area contributed by atoms with Crippen LogP contribution < -0.4 is 10.1 Å². The first-order valence-electron chi connectivity index (χ1n) is 5.99. The van der Waals surface area contributed by atoms with E-state index in [1.165, 1.54) is 7.11 Å². The zero-order valence-electron chi connectivity index (χ0n) is 10.8. The van der Waals surface area contributed by atoms with Crippen molar-refractivity contribution in [1.82, 2.24) is 0 Å². The van der Waals surface area contributed by atoms with Crippen LogP contribution >= 0.6 is 11.6 Å². The zero-order chi connectivity index (χ0) is 14.5. The molecule has 104 valence electrons. The molecule has 0 heterocycles. The topological polar surface area (TPSA) is 58.6 Å². The van der Waals surface area contributed by atoms with Gasteiger partial charge in [0.2, 0.25) is 0 Å². The summed E-state index contributed by atoms with van der Waals surface area (Å²) in [7, 11) is 1.51. The van der Waals surface area contributed by atoms with E-state index in [1.807, 2.05) is 6.07 Å². The Kier molecular flexibility index (Phi) is 4.61. The molecule has 0 aliphatic heterocycles. The lowest BCUT2D eigenvalue weighted by atomic mass is 10.1. The first-order valence-corrected chi connectivity index (χ1v) is 6.37. The SMILES string of the molecule is COc1ccc(NC(=O)C(O)c2ccccc2)cc1Cl. The van der Waals surface area contributed by atoms with Gasteiger partial charge in [0, 0.05) is 5.69 Å². The van der Waals surface area contributed by atoms with Crippen LogP contribution in [0.2, 0.25) is 5.02 Å². The van der Waals surface area contributed by atoms with E-state index in [9.17, 15) is 9.90 Å².